The first-order valence-corrected chi connectivity index (χ1v) is 7.38. The molecule has 23 heavy (non-hydrogen) atoms. The molecule has 3 aromatic rings. The Bertz CT molecular complexity index is 879. The van der Waals surface area contributed by atoms with Gasteiger partial charge in [0.1, 0.15) is 11.5 Å². The molecule has 0 unspecified atom stereocenters. The molecule has 0 radical (unpaired) electrons. The lowest BCUT2D eigenvalue weighted by atomic mass is 10.3. The van der Waals surface area contributed by atoms with Gasteiger partial charge < -0.3 is 5.32 Å². The zero-order chi connectivity index (χ0) is 16.4. The third-order valence-electron chi connectivity index (χ3n) is 3.12. The standard InChI is InChI=1S/C16H10Cl2FN3O/c17-10-4-3-6-12(15(10)18)20-16(23)13-8-9-22(21-13)14-7-2-1-5-11(14)19/h1-9H,(H,20,23). The highest BCUT2D eigenvalue weighted by atomic mass is 35.5. The van der Waals surface area contributed by atoms with E-state index >= 15 is 0 Å². The minimum Gasteiger partial charge on any atom is -0.319 e. The van der Waals surface area contributed by atoms with E-state index in [4.69, 9.17) is 23.2 Å². The van der Waals surface area contributed by atoms with Crippen LogP contribution in [0.2, 0.25) is 10.0 Å². The van der Waals surface area contributed by atoms with Crippen LogP contribution in [0.3, 0.4) is 0 Å². The predicted molar refractivity (Wildman–Crippen MR) is 87.9 cm³/mol. The molecular weight excluding hydrogens is 340 g/mol. The summed E-state index contributed by atoms with van der Waals surface area (Å²) in [6.45, 7) is 0. The second kappa shape index (κ2) is 6.40. The van der Waals surface area contributed by atoms with Gasteiger partial charge in [-0.1, -0.05) is 41.4 Å². The fraction of sp³-hybridized carbons (Fsp3) is 0. The maximum atomic E-state index is 13.7. The highest BCUT2D eigenvalue weighted by Crippen LogP contribution is 2.29. The number of hydrogen-bond donors (Lipinski definition) is 1. The molecule has 0 atom stereocenters. The maximum absolute atomic E-state index is 13.7. The Kier molecular flexibility index (Phi) is 4.32. The van der Waals surface area contributed by atoms with Crippen molar-refractivity contribution in [2.75, 3.05) is 5.32 Å². The number of nitrogens with one attached hydrogen (secondary N) is 1. The molecule has 0 aliphatic heterocycles. The SMILES string of the molecule is O=C(Nc1cccc(Cl)c1Cl)c1ccn(-c2ccccc2F)n1. The zero-order valence-corrected chi connectivity index (χ0v) is 13.1. The molecule has 3 rings (SSSR count). The smallest absolute Gasteiger partial charge is 0.276 e. The Morgan fingerprint density at radius 1 is 1.09 bits per heavy atom. The maximum Gasteiger partial charge on any atom is 0.276 e. The molecule has 2 aromatic carbocycles. The summed E-state index contributed by atoms with van der Waals surface area (Å²) in [5, 5.41) is 7.28. The number of amides is 1. The highest BCUT2D eigenvalue weighted by Gasteiger charge is 2.14. The molecule has 0 aliphatic rings. The van der Waals surface area contributed by atoms with Crippen molar-refractivity contribution < 1.29 is 9.18 Å². The Balaban J connectivity index is 1.84. The zero-order valence-electron chi connectivity index (χ0n) is 11.6. The number of benzene rings is 2. The molecule has 0 fully saturated rings. The molecule has 7 heteroatoms. The number of anilines is 1. The van der Waals surface area contributed by atoms with Crippen molar-refractivity contribution in [3.63, 3.8) is 0 Å². The number of carbonyl (C=O) groups is 1. The molecule has 0 bridgehead atoms. The summed E-state index contributed by atoms with van der Waals surface area (Å²) < 4.78 is 15.0. The van der Waals surface area contributed by atoms with Crippen LogP contribution in [0.4, 0.5) is 10.1 Å². The summed E-state index contributed by atoms with van der Waals surface area (Å²) in [4.78, 5) is 12.2. The molecule has 0 saturated heterocycles. The first kappa shape index (κ1) is 15.5. The van der Waals surface area contributed by atoms with E-state index in [1.807, 2.05) is 0 Å². The fourth-order valence-corrected chi connectivity index (χ4v) is 2.35. The van der Waals surface area contributed by atoms with Crippen LogP contribution >= 0.6 is 23.2 Å². The van der Waals surface area contributed by atoms with Gasteiger partial charge in [0.2, 0.25) is 0 Å². The minimum atomic E-state index is -0.468. The predicted octanol–water partition coefficient (Wildman–Crippen LogP) is 4.57. The van der Waals surface area contributed by atoms with E-state index in [2.05, 4.69) is 10.4 Å². The molecule has 0 spiro atoms. The van der Waals surface area contributed by atoms with Crippen molar-refractivity contribution in [2.45, 2.75) is 0 Å². The lowest BCUT2D eigenvalue weighted by Crippen LogP contribution is -2.13. The summed E-state index contributed by atoms with van der Waals surface area (Å²) in [6, 6.07) is 12.6. The Labute approximate surface area is 141 Å². The van der Waals surface area contributed by atoms with Crippen LogP contribution in [-0.4, -0.2) is 15.7 Å². The van der Waals surface area contributed by atoms with E-state index in [0.717, 1.165) is 0 Å². The number of carbonyl (C=O) groups excluding carboxylic acids is 1. The second-order valence-corrected chi connectivity index (χ2v) is 5.44. The van der Waals surface area contributed by atoms with E-state index in [1.54, 1.807) is 36.4 Å². The first-order chi connectivity index (χ1) is 11.1. The summed E-state index contributed by atoms with van der Waals surface area (Å²) >= 11 is 11.9. The topological polar surface area (TPSA) is 46.9 Å². The van der Waals surface area contributed by atoms with Crippen LogP contribution in [0.5, 0.6) is 0 Å². The number of para-hydroxylation sites is 1. The highest BCUT2D eigenvalue weighted by molar-refractivity contribution is 6.44. The van der Waals surface area contributed by atoms with E-state index in [9.17, 15) is 9.18 Å². The van der Waals surface area contributed by atoms with Gasteiger partial charge in [0, 0.05) is 6.20 Å². The van der Waals surface area contributed by atoms with Crippen molar-refractivity contribution >= 4 is 34.8 Å². The van der Waals surface area contributed by atoms with Gasteiger partial charge in [-0.15, -0.1) is 0 Å². The van der Waals surface area contributed by atoms with Gasteiger partial charge in [-0.25, -0.2) is 9.07 Å². The molecule has 0 saturated carbocycles. The van der Waals surface area contributed by atoms with Gasteiger partial charge in [0.05, 0.1) is 15.7 Å². The van der Waals surface area contributed by atoms with Crippen LogP contribution in [0, 0.1) is 5.82 Å². The molecular formula is C16H10Cl2FN3O. The molecule has 1 N–H and O–H groups in total. The largest absolute Gasteiger partial charge is 0.319 e. The molecule has 4 nitrogen and oxygen atoms in total. The average molecular weight is 350 g/mol. The van der Waals surface area contributed by atoms with Crippen LogP contribution in [0.25, 0.3) is 5.69 Å². The van der Waals surface area contributed by atoms with E-state index < -0.39 is 11.7 Å². The van der Waals surface area contributed by atoms with Gasteiger partial charge in [0.15, 0.2) is 5.69 Å². The third-order valence-corrected chi connectivity index (χ3v) is 3.94. The molecule has 0 aliphatic carbocycles. The van der Waals surface area contributed by atoms with E-state index in [1.165, 1.54) is 23.0 Å². The van der Waals surface area contributed by atoms with Crippen LogP contribution < -0.4 is 5.32 Å². The van der Waals surface area contributed by atoms with Crippen molar-refractivity contribution in [2.24, 2.45) is 0 Å². The van der Waals surface area contributed by atoms with Crippen molar-refractivity contribution in [3.8, 4) is 5.69 Å². The summed E-state index contributed by atoms with van der Waals surface area (Å²) in [5.74, 6) is -0.898. The van der Waals surface area contributed by atoms with Crippen molar-refractivity contribution in [1.82, 2.24) is 9.78 Å². The van der Waals surface area contributed by atoms with Gasteiger partial charge in [-0.2, -0.15) is 5.10 Å². The molecule has 1 amide bonds. The normalized spacial score (nSPS) is 10.6. The lowest BCUT2D eigenvalue weighted by molar-refractivity contribution is 0.102. The van der Waals surface area contributed by atoms with Gasteiger partial charge in [-0.05, 0) is 30.3 Å². The Hall–Kier alpha value is -2.37. The van der Waals surface area contributed by atoms with E-state index in [-0.39, 0.29) is 16.4 Å². The summed E-state index contributed by atoms with van der Waals surface area (Å²) in [7, 11) is 0. The van der Waals surface area contributed by atoms with Gasteiger partial charge >= 0.3 is 0 Å². The van der Waals surface area contributed by atoms with Crippen LogP contribution in [-0.2, 0) is 0 Å². The third kappa shape index (κ3) is 3.21. The van der Waals surface area contributed by atoms with Crippen molar-refractivity contribution in [3.05, 3.63) is 76.3 Å². The summed E-state index contributed by atoms with van der Waals surface area (Å²) in [5.41, 5.74) is 0.765. The number of halogens is 3. The number of rotatable bonds is 3. The number of aromatic nitrogens is 2. The quantitative estimate of drug-likeness (QED) is 0.752. The number of nitrogens with zero attached hydrogens (tertiary/aromatic N) is 2. The molecule has 1 aromatic heterocycles. The lowest BCUT2D eigenvalue weighted by Gasteiger charge is -2.06. The summed E-state index contributed by atoms with van der Waals surface area (Å²) in [6.07, 6.45) is 1.51. The van der Waals surface area contributed by atoms with E-state index in [0.29, 0.717) is 10.7 Å². The van der Waals surface area contributed by atoms with Crippen molar-refractivity contribution in [1.29, 1.82) is 0 Å². The van der Waals surface area contributed by atoms with Crippen LogP contribution in [0.15, 0.2) is 54.7 Å². The Morgan fingerprint density at radius 3 is 2.65 bits per heavy atom. The first-order valence-electron chi connectivity index (χ1n) is 6.62. The fourth-order valence-electron chi connectivity index (χ4n) is 2.00. The Morgan fingerprint density at radius 2 is 1.87 bits per heavy atom. The van der Waals surface area contributed by atoms with Gasteiger partial charge in [-0.3, -0.25) is 4.79 Å². The average Bonchev–Trinajstić information content (AvgIpc) is 3.02. The molecule has 116 valence electrons. The minimum absolute atomic E-state index is 0.129. The molecule has 1 heterocycles. The van der Waals surface area contributed by atoms with Crippen LogP contribution in [0.1, 0.15) is 10.5 Å². The second-order valence-electron chi connectivity index (χ2n) is 4.65. The number of hydrogen-bond acceptors (Lipinski definition) is 2. The monoisotopic (exact) mass is 349 g/mol. The van der Waals surface area contributed by atoms with Gasteiger partial charge in [0.25, 0.3) is 5.91 Å².